The van der Waals surface area contributed by atoms with Crippen LogP contribution >= 0.6 is 11.8 Å². The van der Waals surface area contributed by atoms with Gasteiger partial charge in [0.25, 0.3) is 5.91 Å². The third kappa shape index (κ3) is 6.26. The van der Waals surface area contributed by atoms with Crippen molar-refractivity contribution in [1.82, 2.24) is 10.2 Å². The van der Waals surface area contributed by atoms with E-state index in [4.69, 9.17) is 5.73 Å². The molecule has 0 saturated carbocycles. The molecule has 2 aromatic rings. The number of nitrogens with one attached hydrogen (secondary N) is 1. The molecular formula is C22H21N4NaO9S2. The van der Waals surface area contributed by atoms with Crippen molar-refractivity contribution in [3.63, 3.8) is 0 Å². The number of amides is 3. The molecule has 3 unspecified atom stereocenters. The minimum Gasteiger partial charge on any atom is -0.747 e. The third-order valence-electron chi connectivity index (χ3n) is 5.72. The fourth-order valence-electron chi connectivity index (χ4n) is 4.05. The van der Waals surface area contributed by atoms with Crippen LogP contribution in [0.15, 0.2) is 66.1 Å². The van der Waals surface area contributed by atoms with Crippen LogP contribution in [-0.4, -0.2) is 64.2 Å². The summed E-state index contributed by atoms with van der Waals surface area (Å²) in [4.78, 5) is 49.8. The molecule has 3 heterocycles. The van der Waals surface area contributed by atoms with Crippen molar-refractivity contribution < 1.29 is 76.9 Å². The quantitative estimate of drug-likeness (QED) is 0.133. The van der Waals surface area contributed by atoms with E-state index in [1.54, 1.807) is 10.6 Å². The van der Waals surface area contributed by atoms with Crippen molar-refractivity contribution in [2.75, 3.05) is 5.75 Å². The van der Waals surface area contributed by atoms with Gasteiger partial charge < -0.3 is 31.0 Å². The molecule has 0 spiro atoms. The van der Waals surface area contributed by atoms with Crippen molar-refractivity contribution in [1.29, 1.82) is 0 Å². The number of thioether (sulfide) groups is 1. The standard InChI is InChI=1S/C22H20N4O8S2.Na.H2O/c23-18(27)13-6-8-25(9-7-13)10-14-11-35-21-15(20(29)26(21)16(14)22(30)31)24-19(28)17(36(32,33)34)12-4-2-1-3-5-12;;/h1-9,15,17,21H,10-11H2,(H4-,23,24,27,28,30,31,32,33,34);;1H2/q;+1;/p-1. The molecule has 0 radical (unpaired) electrons. The number of carboxylic acid groups (broad SMARTS) is 1. The summed E-state index contributed by atoms with van der Waals surface area (Å²) in [5.74, 6) is -4.00. The monoisotopic (exact) mass is 572 g/mol. The Morgan fingerprint density at radius 1 is 1.16 bits per heavy atom. The van der Waals surface area contributed by atoms with E-state index >= 15 is 0 Å². The number of primary amides is 1. The number of carboxylic acids is 1. The minimum absolute atomic E-state index is 0. The predicted octanol–water partition coefficient (Wildman–Crippen LogP) is -6.06. The van der Waals surface area contributed by atoms with Gasteiger partial charge in [-0.25, -0.2) is 13.0 Å². The summed E-state index contributed by atoms with van der Waals surface area (Å²) in [7, 11) is -5.11. The van der Waals surface area contributed by atoms with Crippen LogP contribution < -0.4 is 50.3 Å². The maximum atomic E-state index is 12.9. The summed E-state index contributed by atoms with van der Waals surface area (Å²) < 4.78 is 37.0. The van der Waals surface area contributed by atoms with Gasteiger partial charge in [0.2, 0.25) is 11.8 Å². The zero-order valence-corrected chi connectivity index (χ0v) is 23.5. The predicted molar refractivity (Wildman–Crippen MR) is 125 cm³/mol. The number of nitrogens with zero attached hydrogens (tertiary/aromatic N) is 2. The van der Waals surface area contributed by atoms with Crippen molar-refractivity contribution in [3.8, 4) is 0 Å². The Labute approximate surface area is 243 Å². The van der Waals surface area contributed by atoms with Gasteiger partial charge in [0.1, 0.15) is 21.5 Å². The van der Waals surface area contributed by atoms with E-state index in [0.29, 0.717) is 5.57 Å². The topological polar surface area (TPSA) is 225 Å². The number of carbonyl (C=O) groups excluding carboxylic acids is 4. The Kier molecular flexibility index (Phi) is 10.2. The Hall–Kier alpha value is -2.79. The average Bonchev–Trinajstić information content (AvgIpc) is 2.82. The second-order valence-electron chi connectivity index (χ2n) is 8.04. The van der Waals surface area contributed by atoms with Crippen molar-refractivity contribution in [2.24, 2.45) is 5.73 Å². The van der Waals surface area contributed by atoms with E-state index < -0.39 is 50.5 Å². The maximum absolute atomic E-state index is 12.9. The number of rotatable bonds is 8. The van der Waals surface area contributed by atoms with Crippen molar-refractivity contribution in [2.45, 2.75) is 23.2 Å². The molecule has 38 heavy (non-hydrogen) atoms. The number of pyridine rings is 1. The van der Waals surface area contributed by atoms with Gasteiger partial charge in [0.15, 0.2) is 24.2 Å². The summed E-state index contributed by atoms with van der Waals surface area (Å²) in [5.41, 5.74) is 5.44. The number of benzene rings is 1. The maximum Gasteiger partial charge on any atom is 1.00 e. The molecule has 16 heteroatoms. The fraction of sp³-hybridized carbons (Fsp3) is 0.227. The zero-order chi connectivity index (χ0) is 26.2. The summed E-state index contributed by atoms with van der Waals surface area (Å²) in [6, 6.07) is 8.83. The van der Waals surface area contributed by atoms with E-state index in [9.17, 15) is 37.3 Å². The number of nitrogens with two attached hydrogens (primary N) is 1. The molecule has 1 fully saturated rings. The number of hydrogen-bond acceptors (Lipinski definition) is 9. The van der Waals surface area contributed by atoms with Crippen LogP contribution in [0.25, 0.3) is 0 Å². The normalized spacial score (nSPS) is 19.2. The van der Waals surface area contributed by atoms with E-state index in [1.165, 1.54) is 48.8 Å². The van der Waals surface area contributed by atoms with E-state index in [1.807, 2.05) is 0 Å². The minimum atomic E-state index is -5.11. The number of carbonyl (C=O) groups is 4. The average molecular weight is 573 g/mol. The van der Waals surface area contributed by atoms with Crippen molar-refractivity contribution in [3.05, 3.63) is 77.3 Å². The van der Waals surface area contributed by atoms with Crippen LogP contribution in [0, 0.1) is 0 Å². The third-order valence-corrected chi connectivity index (χ3v) is 8.12. The summed E-state index contributed by atoms with van der Waals surface area (Å²) >= 11 is 1.16. The smallest absolute Gasteiger partial charge is 0.747 e. The van der Waals surface area contributed by atoms with Crippen LogP contribution in [0.3, 0.4) is 0 Å². The Morgan fingerprint density at radius 2 is 1.76 bits per heavy atom. The number of hydrogen-bond donors (Lipinski definition) is 2. The molecule has 2 aliphatic rings. The van der Waals surface area contributed by atoms with Crippen LogP contribution in [0.5, 0.6) is 0 Å². The zero-order valence-electron chi connectivity index (χ0n) is 19.9. The van der Waals surface area contributed by atoms with E-state index in [-0.39, 0.29) is 64.2 Å². The second kappa shape index (κ2) is 12.4. The molecule has 1 aromatic carbocycles. The molecule has 0 aliphatic carbocycles. The number of fused-ring (bicyclic) bond motifs is 1. The first-order valence-corrected chi connectivity index (χ1v) is 13.0. The second-order valence-corrected chi connectivity index (χ2v) is 10.6. The number of aliphatic carboxylic acids is 1. The molecule has 196 valence electrons. The molecule has 1 aromatic heterocycles. The number of aromatic nitrogens is 1. The molecule has 1 saturated heterocycles. The van der Waals surface area contributed by atoms with Gasteiger partial charge in [-0.3, -0.25) is 19.3 Å². The molecule has 0 bridgehead atoms. The van der Waals surface area contributed by atoms with Crippen molar-refractivity contribution >= 4 is 45.6 Å². The summed E-state index contributed by atoms with van der Waals surface area (Å²) in [6.07, 6.45) is 3.07. The molecule has 3 amide bonds. The van der Waals surface area contributed by atoms with Gasteiger partial charge in [-0.05, 0) is 5.56 Å². The van der Waals surface area contributed by atoms with Gasteiger partial charge in [-0.15, -0.1) is 11.8 Å². The number of β-lactam (4-membered cyclic amide) rings is 1. The Balaban J connectivity index is 0.00000253. The summed E-state index contributed by atoms with van der Waals surface area (Å²) in [5, 5.41) is 11.3. The fourth-order valence-corrected chi connectivity index (χ4v) is 6.20. The molecular weight excluding hydrogens is 551 g/mol. The SMILES string of the molecule is NC(=O)c1cc[n+](CC2=C(C(=O)[O-])N3C(=O)C(NC(=O)C(c4ccccc4)S(=O)(=O)[O-])C3SC2)cc1.O.[Na+]. The van der Waals surface area contributed by atoms with Gasteiger partial charge in [-0.1, -0.05) is 30.3 Å². The summed E-state index contributed by atoms with van der Waals surface area (Å²) in [6.45, 7) is 0.0768. The molecule has 2 aliphatic heterocycles. The van der Waals surface area contributed by atoms with Gasteiger partial charge in [-0.2, -0.15) is 0 Å². The van der Waals surface area contributed by atoms with Crippen LogP contribution in [0.2, 0.25) is 0 Å². The van der Waals surface area contributed by atoms with E-state index in [0.717, 1.165) is 16.7 Å². The largest absolute Gasteiger partial charge is 1.00 e. The van der Waals surface area contributed by atoms with E-state index in [2.05, 4.69) is 5.32 Å². The first kappa shape index (κ1) is 31.4. The molecule has 3 atom stereocenters. The van der Waals surface area contributed by atoms with Crippen LogP contribution in [-0.2, 0) is 31.0 Å². The molecule has 13 nitrogen and oxygen atoms in total. The Bertz CT molecular complexity index is 1390. The first-order chi connectivity index (χ1) is 17.0. The first-order valence-electron chi connectivity index (χ1n) is 10.5. The Morgan fingerprint density at radius 3 is 2.29 bits per heavy atom. The van der Waals surface area contributed by atoms with Gasteiger partial charge in [0, 0.05) is 23.5 Å². The molecule has 4 rings (SSSR count). The molecule has 5 N–H and O–H groups in total. The van der Waals surface area contributed by atoms with Crippen LogP contribution in [0.1, 0.15) is 21.2 Å². The van der Waals surface area contributed by atoms with Gasteiger partial charge in [0.05, 0.1) is 17.2 Å². The van der Waals surface area contributed by atoms with Gasteiger partial charge >= 0.3 is 29.6 Å². The van der Waals surface area contributed by atoms with Crippen LogP contribution in [0.4, 0.5) is 0 Å².